The number of benzene rings is 2. The molecule has 28 heavy (non-hydrogen) atoms. The van der Waals surface area contributed by atoms with E-state index < -0.39 is 9.84 Å². The van der Waals surface area contributed by atoms with Gasteiger partial charge in [-0.2, -0.15) is 0 Å². The molecule has 3 aromatic rings. The van der Waals surface area contributed by atoms with Gasteiger partial charge in [-0.3, -0.25) is 9.88 Å². The van der Waals surface area contributed by atoms with E-state index in [4.69, 9.17) is 0 Å². The van der Waals surface area contributed by atoms with Crippen LogP contribution >= 0.6 is 0 Å². The van der Waals surface area contributed by atoms with Gasteiger partial charge in [0.25, 0.3) is 0 Å². The molecular formula is C22H25N3O2S. The fourth-order valence-corrected chi connectivity index (χ4v) is 4.37. The zero-order valence-corrected chi connectivity index (χ0v) is 16.8. The van der Waals surface area contributed by atoms with Crippen LogP contribution in [0.4, 0.5) is 5.69 Å². The van der Waals surface area contributed by atoms with Gasteiger partial charge in [-0.1, -0.05) is 18.2 Å². The first-order chi connectivity index (χ1) is 13.5. The lowest BCUT2D eigenvalue weighted by molar-refractivity contribution is 0.211. The van der Waals surface area contributed by atoms with E-state index >= 15 is 0 Å². The maximum Gasteiger partial charge on any atom is 0.175 e. The van der Waals surface area contributed by atoms with Crippen molar-refractivity contribution in [3.05, 3.63) is 66.5 Å². The summed E-state index contributed by atoms with van der Waals surface area (Å²) in [6, 6.07) is 16.2. The van der Waals surface area contributed by atoms with Crippen LogP contribution in [0, 0.1) is 0 Å². The van der Waals surface area contributed by atoms with Gasteiger partial charge in [0.1, 0.15) is 0 Å². The molecule has 1 fully saturated rings. The predicted octanol–water partition coefficient (Wildman–Crippen LogP) is 3.71. The number of aromatic nitrogens is 1. The second-order valence-corrected chi connectivity index (χ2v) is 9.56. The molecule has 2 aromatic carbocycles. The highest BCUT2D eigenvalue weighted by Gasteiger charge is 2.19. The molecule has 0 atom stereocenters. The molecule has 1 N–H and O–H groups in total. The minimum absolute atomic E-state index is 0.380. The molecule has 2 heterocycles. The largest absolute Gasteiger partial charge is 0.382 e. The van der Waals surface area contributed by atoms with E-state index in [9.17, 15) is 8.42 Å². The second-order valence-electron chi connectivity index (χ2n) is 7.55. The van der Waals surface area contributed by atoms with E-state index in [1.807, 2.05) is 30.6 Å². The lowest BCUT2D eigenvalue weighted by Crippen LogP contribution is -2.38. The van der Waals surface area contributed by atoms with Gasteiger partial charge in [0.05, 0.1) is 4.90 Å². The number of hydrogen-bond acceptors (Lipinski definition) is 5. The Morgan fingerprint density at radius 1 is 1.04 bits per heavy atom. The number of rotatable bonds is 5. The van der Waals surface area contributed by atoms with Crippen LogP contribution in [-0.2, 0) is 16.4 Å². The summed E-state index contributed by atoms with van der Waals surface area (Å²) in [7, 11) is -3.13. The smallest absolute Gasteiger partial charge is 0.175 e. The van der Waals surface area contributed by atoms with Crippen molar-refractivity contribution >= 4 is 26.3 Å². The van der Waals surface area contributed by atoms with Crippen LogP contribution in [0.15, 0.2) is 65.8 Å². The van der Waals surface area contributed by atoms with E-state index in [1.54, 1.807) is 12.1 Å². The van der Waals surface area contributed by atoms with Gasteiger partial charge in [-0.15, -0.1) is 0 Å². The highest BCUT2D eigenvalue weighted by molar-refractivity contribution is 7.90. The van der Waals surface area contributed by atoms with Crippen molar-refractivity contribution in [1.82, 2.24) is 9.88 Å². The Morgan fingerprint density at radius 3 is 2.50 bits per heavy atom. The number of nitrogens with zero attached hydrogens (tertiary/aromatic N) is 2. The number of hydrogen-bond donors (Lipinski definition) is 1. The van der Waals surface area contributed by atoms with Crippen molar-refractivity contribution in [2.45, 2.75) is 30.3 Å². The number of sulfone groups is 1. The topological polar surface area (TPSA) is 62.3 Å². The van der Waals surface area contributed by atoms with Crippen molar-refractivity contribution in [3.8, 4) is 0 Å². The van der Waals surface area contributed by atoms with Gasteiger partial charge in [0.2, 0.25) is 0 Å². The Hall–Kier alpha value is -2.44. The van der Waals surface area contributed by atoms with E-state index in [2.05, 4.69) is 33.4 Å². The Bertz CT molecular complexity index is 1060. The zero-order valence-electron chi connectivity index (χ0n) is 16.0. The maximum atomic E-state index is 11.6. The highest BCUT2D eigenvalue weighted by atomic mass is 32.2. The Labute approximate surface area is 166 Å². The van der Waals surface area contributed by atoms with Crippen molar-refractivity contribution in [2.75, 3.05) is 24.7 Å². The van der Waals surface area contributed by atoms with Crippen molar-refractivity contribution in [2.24, 2.45) is 0 Å². The highest BCUT2D eigenvalue weighted by Crippen LogP contribution is 2.22. The number of piperidine rings is 1. The average Bonchev–Trinajstić information content (AvgIpc) is 2.69. The summed E-state index contributed by atoms with van der Waals surface area (Å²) in [6.07, 6.45) is 7.14. The molecule has 0 amide bonds. The second kappa shape index (κ2) is 7.89. The van der Waals surface area contributed by atoms with E-state index in [-0.39, 0.29) is 0 Å². The molecule has 0 bridgehead atoms. The van der Waals surface area contributed by atoms with Crippen LogP contribution in [0.25, 0.3) is 10.8 Å². The molecule has 146 valence electrons. The number of likely N-dealkylation sites (tertiary alicyclic amines) is 1. The average molecular weight is 396 g/mol. The fourth-order valence-electron chi connectivity index (χ4n) is 3.74. The first-order valence-electron chi connectivity index (χ1n) is 9.59. The van der Waals surface area contributed by atoms with Gasteiger partial charge >= 0.3 is 0 Å². The third-order valence-electron chi connectivity index (χ3n) is 5.36. The van der Waals surface area contributed by atoms with Crippen LogP contribution in [0.3, 0.4) is 0 Å². The molecule has 1 aliphatic heterocycles. The van der Waals surface area contributed by atoms with Crippen molar-refractivity contribution < 1.29 is 8.42 Å². The third-order valence-corrected chi connectivity index (χ3v) is 6.49. The van der Waals surface area contributed by atoms with Crippen LogP contribution in [0.2, 0.25) is 0 Å². The molecule has 1 aliphatic rings. The minimum atomic E-state index is -3.13. The van der Waals surface area contributed by atoms with E-state index in [1.165, 1.54) is 11.6 Å². The van der Waals surface area contributed by atoms with Crippen LogP contribution in [-0.4, -0.2) is 43.7 Å². The van der Waals surface area contributed by atoms with Gasteiger partial charge < -0.3 is 5.32 Å². The molecule has 6 heteroatoms. The number of nitrogens with one attached hydrogen (secondary N) is 1. The summed E-state index contributed by atoms with van der Waals surface area (Å²) in [5, 5.41) is 6.03. The maximum absolute atomic E-state index is 11.6. The van der Waals surface area contributed by atoms with Crippen LogP contribution in [0.5, 0.6) is 0 Å². The molecule has 0 radical (unpaired) electrons. The van der Waals surface area contributed by atoms with Crippen molar-refractivity contribution in [1.29, 1.82) is 0 Å². The molecule has 0 saturated carbocycles. The summed E-state index contributed by atoms with van der Waals surface area (Å²) in [6.45, 7) is 2.92. The number of anilines is 1. The van der Waals surface area contributed by atoms with Gasteiger partial charge in [-0.25, -0.2) is 8.42 Å². The SMILES string of the molecule is CS(=O)(=O)c1ccc(CN2CCC(Nc3ccc4cnccc4c3)CC2)cc1. The summed E-state index contributed by atoms with van der Waals surface area (Å²) in [4.78, 5) is 6.97. The molecule has 1 aromatic heterocycles. The van der Waals surface area contributed by atoms with Crippen molar-refractivity contribution in [3.63, 3.8) is 0 Å². The summed E-state index contributed by atoms with van der Waals surface area (Å²) < 4.78 is 23.1. The lowest BCUT2D eigenvalue weighted by atomic mass is 10.0. The molecule has 0 spiro atoms. The van der Waals surface area contributed by atoms with E-state index in [0.717, 1.165) is 49.1 Å². The first kappa shape index (κ1) is 18.9. The summed E-state index contributed by atoms with van der Waals surface area (Å²) >= 11 is 0. The molecule has 5 nitrogen and oxygen atoms in total. The lowest BCUT2D eigenvalue weighted by Gasteiger charge is -2.33. The third kappa shape index (κ3) is 4.51. The Morgan fingerprint density at radius 2 is 1.79 bits per heavy atom. The molecule has 0 unspecified atom stereocenters. The normalized spacial score (nSPS) is 16.3. The molecule has 4 rings (SSSR count). The fraction of sp³-hybridized carbons (Fsp3) is 0.318. The van der Waals surface area contributed by atoms with Gasteiger partial charge in [0.15, 0.2) is 9.84 Å². The quantitative estimate of drug-likeness (QED) is 0.713. The first-order valence-corrected chi connectivity index (χ1v) is 11.5. The van der Waals surface area contributed by atoms with E-state index in [0.29, 0.717) is 10.9 Å². The van der Waals surface area contributed by atoms with Gasteiger partial charge in [0, 0.05) is 55.4 Å². The Balaban J connectivity index is 1.31. The minimum Gasteiger partial charge on any atom is -0.382 e. The monoisotopic (exact) mass is 395 g/mol. The summed E-state index contributed by atoms with van der Waals surface area (Å²) in [5.41, 5.74) is 2.32. The zero-order chi connectivity index (χ0) is 19.6. The predicted molar refractivity (Wildman–Crippen MR) is 113 cm³/mol. The van der Waals surface area contributed by atoms with Crippen LogP contribution < -0.4 is 5.32 Å². The molecule has 0 aliphatic carbocycles. The van der Waals surface area contributed by atoms with Crippen LogP contribution in [0.1, 0.15) is 18.4 Å². The molecule has 1 saturated heterocycles. The Kier molecular flexibility index (Phi) is 5.33. The summed E-state index contributed by atoms with van der Waals surface area (Å²) in [5.74, 6) is 0. The standard InChI is InChI=1S/C22H25N3O2S/c1-28(26,27)22-6-2-17(3-7-22)16-25-12-9-20(10-13-25)24-21-5-4-19-15-23-11-8-18(19)14-21/h2-8,11,14-15,20,24H,9-10,12-13,16H2,1H3. The molecular weight excluding hydrogens is 370 g/mol. The number of pyridine rings is 1. The van der Waals surface area contributed by atoms with Gasteiger partial charge in [-0.05, 0) is 54.1 Å². The number of fused-ring (bicyclic) bond motifs is 1.